The topological polar surface area (TPSA) is 26.3 Å². The van der Waals surface area contributed by atoms with E-state index < -0.39 is 5.97 Å². The fraction of sp³-hybridized carbons (Fsp3) is 0.200. The molecular formula is C5H7BrNiO2-. The molecule has 0 N–H and O–H groups in total. The number of carbonyl (C=O) groups excluding carboxylic acids is 1. The van der Waals surface area contributed by atoms with Crippen molar-refractivity contribution in [2.75, 3.05) is 7.11 Å². The molecule has 0 aliphatic rings. The fourth-order valence-corrected chi connectivity index (χ4v) is 0.144. The van der Waals surface area contributed by atoms with Gasteiger partial charge in [0.25, 0.3) is 0 Å². The molecule has 0 aromatic carbocycles. The van der Waals surface area contributed by atoms with Crippen LogP contribution in [0.3, 0.4) is 0 Å². The summed E-state index contributed by atoms with van der Waals surface area (Å²) >= 11 is 6.25. The Balaban J connectivity index is 0. The zero-order valence-electron chi connectivity index (χ0n) is 4.92. The van der Waals surface area contributed by atoms with Gasteiger partial charge in [0, 0.05) is 0 Å². The molecule has 4 heteroatoms. The van der Waals surface area contributed by atoms with Crippen LogP contribution in [-0.2, 0) is 23.2 Å². The van der Waals surface area contributed by atoms with Crippen molar-refractivity contribution in [3.8, 4) is 0 Å². The molecule has 0 bridgehead atoms. The molecule has 0 fully saturated rings. The van der Waals surface area contributed by atoms with E-state index in [2.05, 4.69) is 46.2 Å². The van der Waals surface area contributed by atoms with E-state index in [1.807, 2.05) is 0 Å². The molecule has 0 spiro atoms. The van der Waals surface area contributed by atoms with Crippen LogP contribution in [0.4, 0.5) is 0 Å². The summed E-state index contributed by atoms with van der Waals surface area (Å²) in [6, 6.07) is 0. The van der Waals surface area contributed by atoms with Gasteiger partial charge in [-0.15, -0.1) is 5.57 Å². The van der Waals surface area contributed by atoms with Crippen LogP contribution >= 0.6 is 14.2 Å². The first-order valence-electron chi connectivity index (χ1n) is 1.89. The number of esters is 1. The van der Waals surface area contributed by atoms with Gasteiger partial charge in [-0.05, 0) is 0 Å². The Kier molecular flexibility index (Phi) is 10.6. The number of hydrogen-bond donors (Lipinski definition) is 0. The van der Waals surface area contributed by atoms with Crippen molar-refractivity contribution in [2.45, 2.75) is 0 Å². The Morgan fingerprint density at radius 2 is 2.11 bits per heavy atom. The summed E-state index contributed by atoms with van der Waals surface area (Å²) in [5.41, 5.74) is 0.183. The van der Waals surface area contributed by atoms with Gasteiger partial charge in [0.2, 0.25) is 5.97 Å². The normalized spacial score (nSPS) is 6.67. The molecule has 57 valence electrons. The van der Waals surface area contributed by atoms with E-state index in [9.17, 15) is 4.79 Å². The zero-order valence-corrected chi connectivity index (χ0v) is 7.50. The standard InChI is InChI=1S/C5H7O2.BrH.Ni/c1-4(2)5(6)7-3;;/h1-2H2,3H3;1H;/q-1;;+1/p-1. The molecule has 9 heavy (non-hydrogen) atoms. The maximum absolute atomic E-state index is 10.1. The Morgan fingerprint density at radius 1 is 1.78 bits per heavy atom. The van der Waals surface area contributed by atoms with Crippen LogP contribution in [-0.4, -0.2) is 13.1 Å². The Bertz CT molecular complexity index is 103. The van der Waals surface area contributed by atoms with Crippen molar-refractivity contribution in [3.63, 3.8) is 0 Å². The summed E-state index contributed by atoms with van der Waals surface area (Å²) in [4.78, 5) is 10.1. The number of carbonyl (C=O) groups is 1. The molecule has 0 atom stereocenters. The van der Waals surface area contributed by atoms with Gasteiger partial charge in [-0.1, -0.05) is 0 Å². The molecule has 0 aromatic rings. The van der Waals surface area contributed by atoms with Gasteiger partial charge in [0.15, 0.2) is 0 Å². The predicted octanol–water partition coefficient (Wildman–Crippen LogP) is 1.39. The second-order valence-corrected chi connectivity index (χ2v) is 1.10. The van der Waals surface area contributed by atoms with Gasteiger partial charge < -0.3 is 9.53 Å². The first-order chi connectivity index (χ1) is 4.18. The molecule has 0 unspecified atom stereocenters. The summed E-state index contributed by atoms with van der Waals surface area (Å²) in [7, 11) is 1.29. The Hall–Kier alpha value is 0.0535. The molecule has 0 aliphatic carbocycles. The van der Waals surface area contributed by atoms with E-state index in [0.717, 1.165) is 0 Å². The van der Waals surface area contributed by atoms with Crippen LogP contribution < -0.4 is 0 Å². The Morgan fingerprint density at radius 3 is 2.11 bits per heavy atom. The molecule has 0 saturated heterocycles. The first-order valence-corrected chi connectivity index (χ1v) is 4.33. The van der Waals surface area contributed by atoms with E-state index in [1.54, 1.807) is 0 Å². The predicted molar refractivity (Wildman–Crippen MR) is 35.4 cm³/mol. The van der Waals surface area contributed by atoms with Crippen LogP contribution in [0, 0.1) is 6.92 Å². The second-order valence-electron chi connectivity index (χ2n) is 1.10. The van der Waals surface area contributed by atoms with E-state index in [1.165, 1.54) is 7.11 Å². The van der Waals surface area contributed by atoms with Gasteiger partial charge in [-0.2, -0.15) is 13.5 Å². The number of ether oxygens (including phenoxy) is 1. The first kappa shape index (κ1) is 11.8. The molecule has 2 nitrogen and oxygen atoms in total. The minimum atomic E-state index is -0.458. The monoisotopic (exact) mass is 236 g/mol. The third-order valence-electron chi connectivity index (χ3n) is 0.474. The summed E-state index contributed by atoms with van der Waals surface area (Å²) < 4.78 is 4.21. The quantitative estimate of drug-likeness (QED) is 0.298. The van der Waals surface area contributed by atoms with Crippen molar-refractivity contribution < 1.29 is 23.2 Å². The average Bonchev–Trinajstić information content (AvgIpc) is 1.91. The SMILES string of the molecule is C=C([CH2-])C(=O)OC.[Ni][Br]. The van der Waals surface area contributed by atoms with E-state index in [0.29, 0.717) is 0 Å². The van der Waals surface area contributed by atoms with Crippen molar-refractivity contribution in [1.82, 2.24) is 0 Å². The van der Waals surface area contributed by atoms with Crippen molar-refractivity contribution in [3.05, 3.63) is 19.1 Å². The third kappa shape index (κ3) is 8.05. The van der Waals surface area contributed by atoms with E-state index >= 15 is 0 Å². The molecule has 0 rings (SSSR count). The number of hydrogen-bond acceptors (Lipinski definition) is 2. The number of rotatable bonds is 1. The van der Waals surface area contributed by atoms with Gasteiger partial charge >= 0.3 is 27.9 Å². The summed E-state index contributed by atoms with van der Waals surface area (Å²) in [6.07, 6.45) is 0. The van der Waals surface area contributed by atoms with Crippen molar-refractivity contribution in [2.24, 2.45) is 0 Å². The van der Waals surface area contributed by atoms with Gasteiger partial charge in [-0.3, -0.25) is 0 Å². The van der Waals surface area contributed by atoms with Crippen LogP contribution in [0.25, 0.3) is 0 Å². The second kappa shape index (κ2) is 8.05. The number of methoxy groups -OCH3 is 1. The summed E-state index contributed by atoms with van der Waals surface area (Å²) in [5, 5.41) is 0. The summed E-state index contributed by atoms with van der Waals surface area (Å²) in [5.74, 6) is -0.458. The van der Waals surface area contributed by atoms with E-state index in [-0.39, 0.29) is 5.57 Å². The Labute approximate surface area is 69.8 Å². The van der Waals surface area contributed by atoms with E-state index in [4.69, 9.17) is 0 Å². The molecule has 0 saturated carbocycles. The molecule has 0 amide bonds. The van der Waals surface area contributed by atoms with Crippen molar-refractivity contribution >= 4 is 20.2 Å². The third-order valence-corrected chi connectivity index (χ3v) is 0.474. The minimum absolute atomic E-state index is 0.183. The van der Waals surface area contributed by atoms with Crippen LogP contribution in [0.15, 0.2) is 12.2 Å². The molecule has 0 radical (unpaired) electrons. The van der Waals surface area contributed by atoms with Crippen molar-refractivity contribution in [1.29, 1.82) is 0 Å². The van der Waals surface area contributed by atoms with Gasteiger partial charge in [0.1, 0.15) is 0 Å². The molecule has 0 aliphatic heterocycles. The fourth-order valence-electron chi connectivity index (χ4n) is 0.144. The maximum atomic E-state index is 10.1. The summed E-state index contributed by atoms with van der Waals surface area (Å²) in [6.45, 7) is 6.48. The van der Waals surface area contributed by atoms with Gasteiger partial charge in [0.05, 0.1) is 7.11 Å². The zero-order chi connectivity index (χ0) is 7.86. The van der Waals surface area contributed by atoms with Gasteiger partial charge in [-0.25, -0.2) is 0 Å². The van der Waals surface area contributed by atoms with Crippen LogP contribution in [0.1, 0.15) is 0 Å². The van der Waals surface area contributed by atoms with Crippen LogP contribution in [0.5, 0.6) is 0 Å². The molecular weight excluding hydrogens is 231 g/mol. The molecule has 0 aromatic heterocycles. The van der Waals surface area contributed by atoms with Crippen LogP contribution in [0.2, 0.25) is 0 Å². The molecule has 0 heterocycles. The number of halogens is 1. The average molecular weight is 238 g/mol.